The van der Waals surface area contributed by atoms with E-state index in [1.54, 1.807) is 30.3 Å². The third-order valence-corrected chi connectivity index (χ3v) is 5.58. The van der Waals surface area contributed by atoms with E-state index >= 15 is 0 Å². The van der Waals surface area contributed by atoms with Crippen LogP contribution in [0.3, 0.4) is 0 Å². The van der Waals surface area contributed by atoms with Crippen LogP contribution < -0.4 is 5.32 Å². The van der Waals surface area contributed by atoms with Gasteiger partial charge >= 0.3 is 0 Å². The van der Waals surface area contributed by atoms with Crippen molar-refractivity contribution < 1.29 is 9.59 Å². The number of nitrogens with zero attached hydrogens (tertiary/aromatic N) is 1. The standard InChI is InChI=1S/C21H17ClN2O2S2/c1-14(11-15-7-3-2-4-8-15)12-18-20(26)24(21(27)28-18)13-19(25)23-17-10-6-5-9-16(17)22/h2-12H,13H2,1H3,(H,23,25)/b14-11+,18-12-. The molecule has 0 spiro atoms. The zero-order chi connectivity index (χ0) is 20.1. The van der Waals surface area contributed by atoms with Crippen LogP contribution in [0.15, 0.2) is 71.2 Å². The highest BCUT2D eigenvalue weighted by Gasteiger charge is 2.33. The first-order chi connectivity index (χ1) is 13.4. The molecular formula is C21H17ClN2O2S2. The van der Waals surface area contributed by atoms with Gasteiger partial charge in [-0.25, -0.2) is 0 Å². The molecule has 0 saturated carbocycles. The fourth-order valence-corrected chi connectivity index (χ4v) is 4.08. The van der Waals surface area contributed by atoms with Gasteiger partial charge in [0.15, 0.2) is 0 Å². The van der Waals surface area contributed by atoms with Gasteiger partial charge in [0, 0.05) is 0 Å². The fraction of sp³-hybridized carbons (Fsp3) is 0.0952. The van der Waals surface area contributed by atoms with Gasteiger partial charge in [0.25, 0.3) is 5.91 Å². The van der Waals surface area contributed by atoms with Crippen LogP contribution in [-0.4, -0.2) is 27.6 Å². The van der Waals surface area contributed by atoms with Crippen LogP contribution in [0.25, 0.3) is 6.08 Å². The lowest BCUT2D eigenvalue weighted by molar-refractivity contribution is -0.126. The maximum Gasteiger partial charge on any atom is 0.266 e. The van der Waals surface area contributed by atoms with Crippen LogP contribution >= 0.6 is 35.6 Å². The van der Waals surface area contributed by atoms with Gasteiger partial charge in [0.05, 0.1) is 15.6 Å². The van der Waals surface area contributed by atoms with Crippen LogP contribution in [0, 0.1) is 0 Å². The molecule has 1 N–H and O–H groups in total. The van der Waals surface area contributed by atoms with Gasteiger partial charge < -0.3 is 5.32 Å². The number of hydrogen-bond donors (Lipinski definition) is 1. The smallest absolute Gasteiger partial charge is 0.266 e. The number of amides is 2. The predicted molar refractivity (Wildman–Crippen MR) is 120 cm³/mol. The topological polar surface area (TPSA) is 49.4 Å². The SMILES string of the molecule is CC(/C=C1\SC(=S)N(CC(=O)Nc2ccccc2Cl)C1=O)=C\c1ccccc1. The molecule has 1 fully saturated rings. The van der Waals surface area contributed by atoms with Gasteiger partial charge in [-0.15, -0.1) is 0 Å². The lowest BCUT2D eigenvalue weighted by atomic mass is 10.1. The average Bonchev–Trinajstić information content (AvgIpc) is 2.91. The largest absolute Gasteiger partial charge is 0.323 e. The Morgan fingerprint density at radius 2 is 1.86 bits per heavy atom. The maximum atomic E-state index is 12.7. The summed E-state index contributed by atoms with van der Waals surface area (Å²) >= 11 is 12.5. The molecule has 2 aromatic carbocycles. The molecule has 0 aromatic heterocycles. The Bertz CT molecular complexity index is 987. The number of anilines is 1. The summed E-state index contributed by atoms with van der Waals surface area (Å²) in [6, 6.07) is 16.8. The number of carbonyl (C=O) groups excluding carboxylic acids is 2. The van der Waals surface area contributed by atoms with E-state index in [1.165, 1.54) is 16.7 Å². The van der Waals surface area contributed by atoms with E-state index in [4.69, 9.17) is 23.8 Å². The summed E-state index contributed by atoms with van der Waals surface area (Å²) in [7, 11) is 0. The number of thioether (sulfide) groups is 1. The quantitative estimate of drug-likeness (QED) is 0.530. The molecule has 1 aliphatic heterocycles. The zero-order valence-corrected chi connectivity index (χ0v) is 17.4. The Kier molecular flexibility index (Phi) is 6.67. The van der Waals surface area contributed by atoms with Crippen LogP contribution in [0.4, 0.5) is 5.69 Å². The van der Waals surface area contributed by atoms with Crippen molar-refractivity contribution >= 4 is 63.5 Å². The Morgan fingerprint density at radius 1 is 1.18 bits per heavy atom. The molecule has 2 aromatic rings. The van der Waals surface area contributed by atoms with Crippen molar-refractivity contribution in [3.05, 3.63) is 81.7 Å². The van der Waals surface area contributed by atoms with Crippen molar-refractivity contribution in [3.63, 3.8) is 0 Å². The van der Waals surface area contributed by atoms with Crippen molar-refractivity contribution in [2.45, 2.75) is 6.92 Å². The Balaban J connectivity index is 1.68. The maximum absolute atomic E-state index is 12.7. The average molecular weight is 429 g/mol. The molecule has 28 heavy (non-hydrogen) atoms. The summed E-state index contributed by atoms with van der Waals surface area (Å²) in [6.45, 7) is 1.76. The van der Waals surface area contributed by atoms with Crippen molar-refractivity contribution in [2.24, 2.45) is 0 Å². The van der Waals surface area contributed by atoms with E-state index in [0.717, 1.165) is 11.1 Å². The van der Waals surface area contributed by atoms with Crippen LogP contribution in [0.2, 0.25) is 5.02 Å². The number of hydrogen-bond acceptors (Lipinski definition) is 4. The number of halogens is 1. The van der Waals surface area contributed by atoms with E-state index in [0.29, 0.717) is 19.9 Å². The first-order valence-electron chi connectivity index (χ1n) is 8.47. The number of thiocarbonyl (C=S) groups is 1. The van der Waals surface area contributed by atoms with Crippen LogP contribution in [-0.2, 0) is 9.59 Å². The van der Waals surface area contributed by atoms with E-state index in [9.17, 15) is 9.59 Å². The molecule has 0 aliphatic carbocycles. The summed E-state index contributed by atoms with van der Waals surface area (Å²) in [6.07, 6.45) is 3.77. The minimum Gasteiger partial charge on any atom is -0.323 e. The predicted octanol–water partition coefficient (Wildman–Crippen LogP) is 5.13. The summed E-state index contributed by atoms with van der Waals surface area (Å²) in [5.74, 6) is -0.632. The van der Waals surface area contributed by atoms with E-state index in [-0.39, 0.29) is 18.4 Å². The number of carbonyl (C=O) groups is 2. The molecule has 3 rings (SSSR count). The molecule has 1 heterocycles. The van der Waals surface area contributed by atoms with Crippen LogP contribution in [0.5, 0.6) is 0 Å². The normalized spacial score (nSPS) is 16.0. The number of allylic oxidation sites excluding steroid dienone is 2. The highest BCUT2D eigenvalue weighted by molar-refractivity contribution is 8.26. The van der Waals surface area contributed by atoms with Gasteiger partial charge in [-0.2, -0.15) is 0 Å². The van der Waals surface area contributed by atoms with Gasteiger partial charge in [-0.05, 0) is 36.3 Å². The van der Waals surface area contributed by atoms with Crippen molar-refractivity contribution in [1.29, 1.82) is 0 Å². The number of nitrogens with one attached hydrogen (secondary N) is 1. The molecule has 1 saturated heterocycles. The summed E-state index contributed by atoms with van der Waals surface area (Å²) in [5.41, 5.74) is 2.47. The number of para-hydroxylation sites is 1. The fourth-order valence-electron chi connectivity index (χ4n) is 2.59. The molecule has 0 bridgehead atoms. The summed E-state index contributed by atoms with van der Waals surface area (Å²) in [4.78, 5) is 26.8. The van der Waals surface area contributed by atoms with Crippen LogP contribution in [0.1, 0.15) is 12.5 Å². The monoisotopic (exact) mass is 428 g/mol. The number of rotatable bonds is 5. The third kappa shape index (κ3) is 5.10. The van der Waals surface area contributed by atoms with Crippen molar-refractivity contribution in [1.82, 2.24) is 4.90 Å². The summed E-state index contributed by atoms with van der Waals surface area (Å²) < 4.78 is 0.359. The Morgan fingerprint density at radius 3 is 2.57 bits per heavy atom. The van der Waals surface area contributed by atoms with E-state index < -0.39 is 0 Å². The van der Waals surface area contributed by atoms with Gasteiger partial charge in [-0.1, -0.05) is 84.1 Å². The Hall–Kier alpha value is -2.41. The van der Waals surface area contributed by atoms with Gasteiger partial charge in [0.1, 0.15) is 10.9 Å². The number of benzene rings is 2. The molecule has 0 atom stereocenters. The van der Waals surface area contributed by atoms with Gasteiger partial charge in [0.2, 0.25) is 5.91 Å². The van der Waals surface area contributed by atoms with E-state index in [2.05, 4.69) is 5.32 Å². The highest BCUT2D eigenvalue weighted by Crippen LogP contribution is 2.32. The lowest BCUT2D eigenvalue weighted by Gasteiger charge is -2.14. The van der Waals surface area contributed by atoms with Gasteiger partial charge in [-0.3, -0.25) is 14.5 Å². The minimum absolute atomic E-state index is 0.158. The zero-order valence-electron chi connectivity index (χ0n) is 15.0. The lowest BCUT2D eigenvalue weighted by Crippen LogP contribution is -2.36. The highest BCUT2D eigenvalue weighted by atomic mass is 35.5. The first kappa shape index (κ1) is 20.3. The second-order valence-electron chi connectivity index (χ2n) is 6.09. The van der Waals surface area contributed by atoms with E-state index in [1.807, 2.05) is 43.3 Å². The molecule has 2 amide bonds. The molecule has 7 heteroatoms. The minimum atomic E-state index is -0.359. The molecule has 0 unspecified atom stereocenters. The molecular weight excluding hydrogens is 412 g/mol. The molecule has 4 nitrogen and oxygen atoms in total. The second kappa shape index (κ2) is 9.19. The Labute approximate surface area is 178 Å². The third-order valence-electron chi connectivity index (χ3n) is 3.88. The van der Waals surface area contributed by atoms with Crippen molar-refractivity contribution in [2.75, 3.05) is 11.9 Å². The summed E-state index contributed by atoms with van der Waals surface area (Å²) in [5, 5.41) is 3.14. The second-order valence-corrected chi connectivity index (χ2v) is 8.18. The van der Waals surface area contributed by atoms with Crippen molar-refractivity contribution in [3.8, 4) is 0 Å². The molecule has 142 valence electrons. The molecule has 1 aliphatic rings. The molecule has 0 radical (unpaired) electrons. The first-order valence-corrected chi connectivity index (χ1v) is 10.1.